The summed E-state index contributed by atoms with van der Waals surface area (Å²) in [7, 11) is 0. The molecule has 0 aromatic heterocycles. The first-order valence-electron chi connectivity index (χ1n) is 11.7. The van der Waals surface area contributed by atoms with E-state index in [2.05, 4.69) is 5.32 Å². The fourth-order valence-corrected chi connectivity index (χ4v) is 3.83. The van der Waals surface area contributed by atoms with Crippen molar-refractivity contribution >= 4 is 17.8 Å². The molecule has 1 aliphatic rings. The molecule has 0 bridgehead atoms. The molecule has 0 radical (unpaired) electrons. The number of esters is 2. The molecule has 32 heavy (non-hydrogen) atoms. The maximum atomic E-state index is 13.3. The molecule has 2 atom stereocenters. The molecule has 0 aliphatic carbocycles. The molecule has 1 N–H and O–H groups in total. The van der Waals surface area contributed by atoms with Crippen molar-refractivity contribution in [2.45, 2.75) is 83.9 Å². The van der Waals surface area contributed by atoms with E-state index in [0.717, 1.165) is 24.8 Å². The third-order valence-electron chi connectivity index (χ3n) is 5.31. The van der Waals surface area contributed by atoms with Gasteiger partial charge < -0.3 is 14.4 Å². The number of carbonyl (C=O) groups excluding carboxylic acids is 3. The van der Waals surface area contributed by atoms with Gasteiger partial charge in [-0.25, -0.2) is 0 Å². The Morgan fingerprint density at radius 3 is 2.53 bits per heavy atom. The largest absolute Gasteiger partial charge is 0.465 e. The molecule has 178 valence electrons. The second-order valence-electron chi connectivity index (χ2n) is 9.24. The van der Waals surface area contributed by atoms with Gasteiger partial charge in [-0.2, -0.15) is 0 Å². The number of nitrogens with zero attached hydrogens (tertiary/aromatic N) is 1. The highest BCUT2D eigenvalue weighted by Gasteiger charge is 2.32. The molecular weight excluding hydrogens is 408 g/mol. The molecule has 2 rings (SSSR count). The standard InChI is InChI=1S/C25H38N2O5/c1-5-31-24(30)21(16-15-19-12-8-6-9-13-19)26-20-14-10-7-11-17-27(23(20)29)18-22(28)32-25(2,3)4/h6,8-9,12-13,20-21,26H,5,7,10-11,14-18H2,1-4H3/t20-,21?/m0/s1. The number of likely N-dealkylation sites (tertiary alicyclic amines) is 1. The Labute approximate surface area is 191 Å². The van der Waals surface area contributed by atoms with E-state index >= 15 is 0 Å². The van der Waals surface area contributed by atoms with Crippen molar-refractivity contribution in [3.8, 4) is 0 Å². The highest BCUT2D eigenvalue weighted by molar-refractivity contribution is 5.87. The maximum Gasteiger partial charge on any atom is 0.326 e. The normalized spacial score (nSPS) is 18.4. The van der Waals surface area contributed by atoms with Gasteiger partial charge in [0.2, 0.25) is 5.91 Å². The Kier molecular flexibility index (Phi) is 10.2. The Morgan fingerprint density at radius 1 is 1.16 bits per heavy atom. The quantitative estimate of drug-likeness (QED) is 0.586. The first-order chi connectivity index (χ1) is 15.2. The van der Waals surface area contributed by atoms with E-state index in [0.29, 0.717) is 25.8 Å². The van der Waals surface area contributed by atoms with Crippen LogP contribution in [0.4, 0.5) is 0 Å². The fraction of sp³-hybridized carbons (Fsp3) is 0.640. The Hall–Kier alpha value is -2.41. The molecule has 1 aromatic carbocycles. The van der Waals surface area contributed by atoms with E-state index in [1.165, 1.54) is 0 Å². The summed E-state index contributed by atoms with van der Waals surface area (Å²) in [6, 6.07) is 8.80. The predicted molar refractivity (Wildman–Crippen MR) is 123 cm³/mol. The van der Waals surface area contributed by atoms with E-state index in [1.807, 2.05) is 30.3 Å². The minimum absolute atomic E-state index is 0.0810. The number of hydrogen-bond donors (Lipinski definition) is 1. The first kappa shape index (κ1) is 25.8. The zero-order valence-electron chi connectivity index (χ0n) is 19.9. The number of rotatable bonds is 9. The minimum atomic E-state index is -0.604. The summed E-state index contributed by atoms with van der Waals surface area (Å²) in [5.74, 6) is -0.933. The molecular formula is C25H38N2O5. The van der Waals surface area contributed by atoms with Gasteiger partial charge in [0.05, 0.1) is 12.6 Å². The van der Waals surface area contributed by atoms with Crippen molar-refractivity contribution in [3.63, 3.8) is 0 Å². The van der Waals surface area contributed by atoms with Crippen molar-refractivity contribution in [2.24, 2.45) is 0 Å². The van der Waals surface area contributed by atoms with Crippen molar-refractivity contribution < 1.29 is 23.9 Å². The summed E-state index contributed by atoms with van der Waals surface area (Å²) in [4.78, 5) is 39.8. The number of ether oxygens (including phenoxy) is 2. The highest BCUT2D eigenvalue weighted by atomic mass is 16.6. The van der Waals surface area contributed by atoms with Crippen LogP contribution in [-0.2, 0) is 30.3 Å². The summed E-state index contributed by atoms with van der Waals surface area (Å²) in [6.07, 6.45) is 4.53. The second-order valence-corrected chi connectivity index (χ2v) is 9.24. The minimum Gasteiger partial charge on any atom is -0.465 e. The SMILES string of the molecule is CCOC(=O)C(CCc1ccccc1)N[C@H]1CCCCCN(CC(=O)OC(C)(C)C)C1=O. The van der Waals surface area contributed by atoms with Crippen LogP contribution in [0.2, 0.25) is 0 Å². The van der Waals surface area contributed by atoms with E-state index in [4.69, 9.17) is 9.47 Å². The maximum absolute atomic E-state index is 13.3. The number of nitrogens with one attached hydrogen (secondary N) is 1. The smallest absolute Gasteiger partial charge is 0.326 e. The zero-order chi connectivity index (χ0) is 23.6. The fourth-order valence-electron chi connectivity index (χ4n) is 3.83. The molecule has 7 nitrogen and oxygen atoms in total. The molecule has 1 aliphatic heterocycles. The molecule has 1 amide bonds. The van der Waals surface area contributed by atoms with Crippen molar-refractivity contribution in [2.75, 3.05) is 19.7 Å². The monoisotopic (exact) mass is 446 g/mol. The zero-order valence-corrected chi connectivity index (χ0v) is 19.9. The Morgan fingerprint density at radius 2 is 1.88 bits per heavy atom. The van der Waals surface area contributed by atoms with Crippen LogP contribution in [0.3, 0.4) is 0 Å². The summed E-state index contributed by atoms with van der Waals surface area (Å²) in [5.41, 5.74) is 0.520. The topological polar surface area (TPSA) is 84.9 Å². The molecule has 1 heterocycles. The molecule has 1 unspecified atom stereocenters. The number of amides is 1. The molecule has 7 heteroatoms. The number of aryl methyl sites for hydroxylation is 1. The lowest BCUT2D eigenvalue weighted by Gasteiger charge is -2.32. The lowest BCUT2D eigenvalue weighted by Crippen LogP contribution is -2.54. The van der Waals surface area contributed by atoms with Gasteiger partial charge >= 0.3 is 11.9 Å². The van der Waals surface area contributed by atoms with Crippen LogP contribution in [0, 0.1) is 0 Å². The predicted octanol–water partition coefficient (Wildman–Crippen LogP) is 3.25. The number of carbonyl (C=O) groups is 3. The van der Waals surface area contributed by atoms with Gasteiger partial charge in [-0.1, -0.05) is 43.2 Å². The Bertz CT molecular complexity index is 744. The van der Waals surface area contributed by atoms with Gasteiger partial charge in [-0.3, -0.25) is 19.7 Å². The van der Waals surface area contributed by atoms with E-state index in [9.17, 15) is 14.4 Å². The summed E-state index contributed by atoms with van der Waals surface area (Å²) in [5, 5.41) is 3.26. The molecule has 0 saturated carbocycles. The van der Waals surface area contributed by atoms with Gasteiger partial charge in [0.1, 0.15) is 18.2 Å². The molecule has 1 fully saturated rings. The van der Waals surface area contributed by atoms with Crippen molar-refractivity contribution in [1.29, 1.82) is 0 Å². The van der Waals surface area contributed by atoms with Gasteiger partial charge in [0.25, 0.3) is 0 Å². The summed E-state index contributed by atoms with van der Waals surface area (Å²) < 4.78 is 10.7. The lowest BCUT2D eigenvalue weighted by molar-refractivity contribution is -0.159. The average Bonchev–Trinajstić information content (AvgIpc) is 2.72. The van der Waals surface area contributed by atoms with Crippen LogP contribution in [0.25, 0.3) is 0 Å². The summed E-state index contributed by atoms with van der Waals surface area (Å²) >= 11 is 0. The van der Waals surface area contributed by atoms with Gasteiger partial charge in [0, 0.05) is 6.54 Å². The van der Waals surface area contributed by atoms with Crippen LogP contribution < -0.4 is 5.32 Å². The van der Waals surface area contributed by atoms with E-state index in [1.54, 1.807) is 32.6 Å². The van der Waals surface area contributed by atoms with Crippen molar-refractivity contribution in [3.05, 3.63) is 35.9 Å². The third-order valence-corrected chi connectivity index (χ3v) is 5.31. The van der Waals surface area contributed by atoms with E-state index in [-0.39, 0.29) is 25.0 Å². The second kappa shape index (κ2) is 12.6. The summed E-state index contributed by atoms with van der Waals surface area (Å²) in [6.45, 7) is 7.90. The van der Waals surface area contributed by atoms with E-state index < -0.39 is 23.7 Å². The van der Waals surface area contributed by atoms with Crippen LogP contribution in [0.1, 0.15) is 65.4 Å². The third kappa shape index (κ3) is 8.99. The number of benzene rings is 1. The highest BCUT2D eigenvalue weighted by Crippen LogP contribution is 2.16. The van der Waals surface area contributed by atoms with Crippen LogP contribution in [0.5, 0.6) is 0 Å². The molecule has 1 aromatic rings. The Balaban J connectivity index is 2.09. The molecule has 1 saturated heterocycles. The number of hydrogen-bond acceptors (Lipinski definition) is 6. The van der Waals surface area contributed by atoms with Gasteiger partial charge in [-0.15, -0.1) is 0 Å². The van der Waals surface area contributed by atoms with Crippen molar-refractivity contribution in [1.82, 2.24) is 10.2 Å². The van der Waals surface area contributed by atoms with Crippen LogP contribution in [0.15, 0.2) is 30.3 Å². The average molecular weight is 447 g/mol. The van der Waals surface area contributed by atoms with Gasteiger partial charge in [0.15, 0.2) is 0 Å². The molecule has 0 spiro atoms. The first-order valence-corrected chi connectivity index (χ1v) is 11.7. The lowest BCUT2D eigenvalue weighted by atomic mass is 10.00. The van der Waals surface area contributed by atoms with Crippen LogP contribution in [-0.4, -0.2) is 60.1 Å². The van der Waals surface area contributed by atoms with Crippen LogP contribution >= 0.6 is 0 Å². The van der Waals surface area contributed by atoms with Gasteiger partial charge in [-0.05, 0) is 58.9 Å².